The lowest BCUT2D eigenvalue weighted by molar-refractivity contribution is -0.132. The number of amides is 4. The van der Waals surface area contributed by atoms with Crippen LogP contribution in [0.2, 0.25) is 0 Å². The number of nitrogens with zero attached hydrogens (tertiary/aromatic N) is 4. The van der Waals surface area contributed by atoms with Gasteiger partial charge in [0, 0.05) is 23.9 Å². The van der Waals surface area contributed by atoms with Gasteiger partial charge in [-0.05, 0) is 19.1 Å². The normalized spacial score (nSPS) is 15.0. The van der Waals surface area contributed by atoms with Crippen LogP contribution in [0.1, 0.15) is 47.5 Å². The van der Waals surface area contributed by atoms with Crippen LogP contribution >= 0.6 is 11.3 Å². The zero-order valence-electron chi connectivity index (χ0n) is 17.0. The molecule has 5 rings (SSSR count). The number of hydrogen-bond donors (Lipinski definition) is 1. The van der Waals surface area contributed by atoms with Crippen molar-refractivity contribution in [2.45, 2.75) is 19.9 Å². The Bertz CT molecular complexity index is 1240. The van der Waals surface area contributed by atoms with Crippen LogP contribution in [0.25, 0.3) is 0 Å². The standard InChI is InChI=1S/C21H17N5O5S/c1-11-8-15(24-31-11)18(28)23-21-22-14-6-7-25(9-16(14)32-21)17(27)10-26-19(29)12-4-2-3-5-13(12)20(26)30/h2-5,8H,6-7,9-10H2,1H3,(H,22,23,28). The lowest BCUT2D eigenvalue weighted by atomic mass is 10.1. The van der Waals surface area contributed by atoms with Crippen LogP contribution < -0.4 is 5.32 Å². The molecule has 2 aromatic heterocycles. The fraction of sp³-hybridized carbons (Fsp3) is 0.238. The van der Waals surface area contributed by atoms with E-state index in [1.807, 2.05) is 0 Å². The lowest BCUT2D eigenvalue weighted by Gasteiger charge is -2.27. The molecule has 2 aliphatic heterocycles. The number of nitrogens with one attached hydrogen (secondary N) is 1. The van der Waals surface area contributed by atoms with Crippen molar-refractivity contribution in [3.05, 3.63) is 63.5 Å². The summed E-state index contributed by atoms with van der Waals surface area (Å²) < 4.78 is 4.91. The van der Waals surface area contributed by atoms with E-state index in [2.05, 4.69) is 15.5 Å². The van der Waals surface area contributed by atoms with Gasteiger partial charge in [-0.15, -0.1) is 0 Å². The Morgan fingerprint density at radius 1 is 1.19 bits per heavy atom. The predicted molar refractivity (Wildman–Crippen MR) is 112 cm³/mol. The maximum absolute atomic E-state index is 12.9. The smallest absolute Gasteiger partial charge is 0.279 e. The van der Waals surface area contributed by atoms with Crippen molar-refractivity contribution in [3.63, 3.8) is 0 Å². The van der Waals surface area contributed by atoms with E-state index >= 15 is 0 Å². The summed E-state index contributed by atoms with van der Waals surface area (Å²) in [5.41, 5.74) is 1.60. The molecule has 4 heterocycles. The first-order valence-electron chi connectivity index (χ1n) is 9.87. The Labute approximate surface area is 185 Å². The van der Waals surface area contributed by atoms with Gasteiger partial charge in [0.25, 0.3) is 17.7 Å². The molecular weight excluding hydrogens is 434 g/mol. The molecule has 0 bridgehead atoms. The first-order valence-corrected chi connectivity index (χ1v) is 10.7. The summed E-state index contributed by atoms with van der Waals surface area (Å²) in [6.07, 6.45) is 0.513. The summed E-state index contributed by atoms with van der Waals surface area (Å²) in [5.74, 6) is -1.13. The highest BCUT2D eigenvalue weighted by Gasteiger charge is 2.37. The molecule has 0 spiro atoms. The molecule has 0 unspecified atom stereocenters. The number of aromatic nitrogens is 2. The van der Waals surface area contributed by atoms with Crippen molar-refractivity contribution < 1.29 is 23.7 Å². The third-order valence-corrected chi connectivity index (χ3v) is 6.33. The summed E-state index contributed by atoms with van der Waals surface area (Å²) in [7, 11) is 0. The molecule has 3 aromatic rings. The molecule has 0 aliphatic carbocycles. The molecule has 1 aromatic carbocycles. The van der Waals surface area contributed by atoms with Crippen LogP contribution in [-0.2, 0) is 17.8 Å². The van der Waals surface area contributed by atoms with Crippen molar-refractivity contribution in [1.29, 1.82) is 0 Å². The van der Waals surface area contributed by atoms with Crippen LogP contribution in [-0.4, -0.2) is 56.7 Å². The van der Waals surface area contributed by atoms with Gasteiger partial charge in [-0.3, -0.25) is 29.4 Å². The number of anilines is 1. The van der Waals surface area contributed by atoms with Crippen molar-refractivity contribution in [3.8, 4) is 0 Å². The monoisotopic (exact) mass is 451 g/mol. The van der Waals surface area contributed by atoms with E-state index < -0.39 is 17.7 Å². The molecule has 2 aliphatic rings. The molecule has 0 fully saturated rings. The third-order valence-electron chi connectivity index (χ3n) is 5.34. The Balaban J connectivity index is 1.25. The Hall–Kier alpha value is -3.86. The minimum atomic E-state index is -0.456. The average Bonchev–Trinajstić information content (AvgIpc) is 3.46. The first-order chi connectivity index (χ1) is 15.4. The number of benzene rings is 1. The van der Waals surface area contributed by atoms with Crippen molar-refractivity contribution >= 4 is 40.1 Å². The lowest BCUT2D eigenvalue weighted by Crippen LogP contribution is -2.44. The second-order valence-corrected chi connectivity index (χ2v) is 8.56. The van der Waals surface area contributed by atoms with E-state index in [0.29, 0.717) is 41.5 Å². The van der Waals surface area contributed by atoms with Crippen LogP contribution in [0.3, 0.4) is 0 Å². The second kappa shape index (κ2) is 7.68. The predicted octanol–water partition coefficient (Wildman–Crippen LogP) is 1.87. The molecule has 10 nitrogen and oxygen atoms in total. The number of fused-ring (bicyclic) bond motifs is 2. The molecule has 0 saturated heterocycles. The zero-order valence-corrected chi connectivity index (χ0v) is 17.8. The number of thiazole rings is 1. The number of carbonyl (C=O) groups is 4. The van der Waals surface area contributed by atoms with Crippen molar-refractivity contribution in [2.24, 2.45) is 0 Å². The van der Waals surface area contributed by atoms with E-state index in [1.165, 1.54) is 17.4 Å². The highest BCUT2D eigenvalue weighted by atomic mass is 32.1. The molecule has 11 heteroatoms. The zero-order chi connectivity index (χ0) is 22.4. The van der Waals surface area contributed by atoms with Gasteiger partial charge in [-0.1, -0.05) is 28.6 Å². The summed E-state index contributed by atoms with van der Waals surface area (Å²) in [4.78, 5) is 58.0. The highest BCUT2D eigenvalue weighted by Crippen LogP contribution is 2.29. The van der Waals surface area contributed by atoms with Crippen LogP contribution in [0, 0.1) is 6.92 Å². The van der Waals surface area contributed by atoms with Gasteiger partial charge in [0.1, 0.15) is 12.3 Å². The van der Waals surface area contributed by atoms with Gasteiger partial charge in [-0.2, -0.15) is 0 Å². The van der Waals surface area contributed by atoms with Crippen LogP contribution in [0.4, 0.5) is 5.13 Å². The van der Waals surface area contributed by atoms with Gasteiger partial charge < -0.3 is 9.42 Å². The van der Waals surface area contributed by atoms with E-state index in [1.54, 1.807) is 36.1 Å². The highest BCUT2D eigenvalue weighted by molar-refractivity contribution is 7.15. The Kier molecular flexibility index (Phi) is 4.82. The molecule has 0 radical (unpaired) electrons. The SMILES string of the molecule is Cc1cc(C(=O)Nc2nc3c(s2)CN(C(=O)CN2C(=O)c4ccccc4C2=O)CC3)no1. The van der Waals surface area contributed by atoms with Gasteiger partial charge >= 0.3 is 0 Å². The minimum absolute atomic E-state index is 0.161. The number of hydrogen-bond acceptors (Lipinski definition) is 8. The third kappa shape index (κ3) is 3.46. The summed E-state index contributed by atoms with van der Waals surface area (Å²) in [6.45, 7) is 2.09. The molecule has 1 N–H and O–H groups in total. The quantitative estimate of drug-likeness (QED) is 0.600. The van der Waals surface area contributed by atoms with E-state index in [9.17, 15) is 19.2 Å². The maximum atomic E-state index is 12.9. The van der Waals surface area contributed by atoms with E-state index in [4.69, 9.17) is 4.52 Å². The molecule has 0 atom stereocenters. The first kappa shape index (κ1) is 20.1. The molecular formula is C21H17N5O5S. The molecule has 32 heavy (non-hydrogen) atoms. The Morgan fingerprint density at radius 3 is 2.56 bits per heavy atom. The number of imide groups is 1. The average molecular weight is 451 g/mol. The summed E-state index contributed by atoms with van der Waals surface area (Å²) in [6, 6.07) is 8.07. The van der Waals surface area contributed by atoms with E-state index in [-0.39, 0.29) is 18.1 Å². The molecule has 162 valence electrons. The van der Waals surface area contributed by atoms with Crippen LogP contribution in [0.15, 0.2) is 34.9 Å². The largest absolute Gasteiger partial charge is 0.361 e. The summed E-state index contributed by atoms with van der Waals surface area (Å²) in [5, 5.41) is 6.79. The topological polar surface area (TPSA) is 126 Å². The fourth-order valence-corrected chi connectivity index (χ4v) is 4.73. The maximum Gasteiger partial charge on any atom is 0.279 e. The van der Waals surface area contributed by atoms with Crippen LogP contribution in [0.5, 0.6) is 0 Å². The summed E-state index contributed by atoms with van der Waals surface area (Å²) >= 11 is 1.28. The van der Waals surface area contributed by atoms with Gasteiger partial charge in [-0.25, -0.2) is 4.98 Å². The molecule has 4 amide bonds. The second-order valence-electron chi connectivity index (χ2n) is 7.47. The number of rotatable bonds is 4. The number of carbonyl (C=O) groups excluding carboxylic acids is 4. The fourth-order valence-electron chi connectivity index (χ4n) is 3.71. The minimum Gasteiger partial charge on any atom is -0.361 e. The van der Waals surface area contributed by atoms with Gasteiger partial charge in [0.05, 0.1) is 23.4 Å². The number of aryl methyl sites for hydroxylation is 1. The van der Waals surface area contributed by atoms with Gasteiger partial charge in [0.2, 0.25) is 5.91 Å². The van der Waals surface area contributed by atoms with E-state index in [0.717, 1.165) is 15.5 Å². The van der Waals surface area contributed by atoms with Gasteiger partial charge in [0.15, 0.2) is 10.8 Å². The Morgan fingerprint density at radius 2 is 1.91 bits per heavy atom. The molecule has 0 saturated carbocycles. The van der Waals surface area contributed by atoms with Crippen molar-refractivity contribution in [2.75, 3.05) is 18.4 Å². The van der Waals surface area contributed by atoms with Crippen molar-refractivity contribution in [1.82, 2.24) is 19.9 Å².